The number of aliphatic imine (C=N–C) groups is 2. The molecule has 1 aromatic heterocycles. The van der Waals surface area contributed by atoms with E-state index in [1.54, 1.807) is 0 Å². The van der Waals surface area contributed by atoms with Crippen molar-refractivity contribution in [1.82, 2.24) is 20.2 Å². The molecular formula is C46H50N6O. The summed E-state index contributed by atoms with van der Waals surface area (Å²) in [5.74, 6) is 3.10. The normalized spacial score (nSPS) is 12.6. The largest absolute Gasteiger partial charge is 0.368 e. The van der Waals surface area contributed by atoms with Gasteiger partial charge >= 0.3 is 0 Å². The van der Waals surface area contributed by atoms with Crippen molar-refractivity contribution in [3.63, 3.8) is 0 Å². The number of nitrogens with zero attached hydrogens (tertiary/aromatic N) is 4. The van der Waals surface area contributed by atoms with Gasteiger partial charge in [-0.1, -0.05) is 144 Å². The molecule has 0 saturated heterocycles. The van der Waals surface area contributed by atoms with Crippen LogP contribution in [0.2, 0.25) is 0 Å². The minimum atomic E-state index is 0.737. The van der Waals surface area contributed by atoms with Gasteiger partial charge in [0.25, 0.3) is 0 Å². The Kier molecular flexibility index (Phi) is 14.0. The number of carbonyl (C=O) groups excluding carboxylic acids is 1. The fourth-order valence-electron chi connectivity index (χ4n) is 5.62. The predicted molar refractivity (Wildman–Crippen MR) is 220 cm³/mol. The van der Waals surface area contributed by atoms with E-state index >= 15 is 0 Å². The van der Waals surface area contributed by atoms with Crippen molar-refractivity contribution in [3.8, 4) is 11.4 Å². The molecule has 0 spiro atoms. The van der Waals surface area contributed by atoms with Gasteiger partial charge in [0, 0.05) is 54.3 Å². The third-order valence-electron chi connectivity index (χ3n) is 8.84. The van der Waals surface area contributed by atoms with Gasteiger partial charge in [0.1, 0.15) is 23.8 Å². The minimum absolute atomic E-state index is 0.737. The Morgan fingerprint density at radius 1 is 0.585 bits per heavy atom. The molecule has 5 aromatic carbocycles. The molecular weight excluding hydrogens is 653 g/mol. The van der Waals surface area contributed by atoms with Crippen LogP contribution in [-0.4, -0.2) is 53.7 Å². The zero-order valence-corrected chi connectivity index (χ0v) is 31.5. The van der Waals surface area contributed by atoms with Gasteiger partial charge in [-0.05, 0) is 45.7 Å². The van der Waals surface area contributed by atoms with Crippen molar-refractivity contribution in [2.24, 2.45) is 9.98 Å². The number of amidine groups is 2. The van der Waals surface area contributed by atoms with E-state index < -0.39 is 0 Å². The fourth-order valence-corrected chi connectivity index (χ4v) is 5.62. The highest BCUT2D eigenvalue weighted by Crippen LogP contribution is 2.20. The number of aromatic nitrogens is 2. The lowest BCUT2D eigenvalue weighted by molar-refractivity contribution is 0.112. The van der Waals surface area contributed by atoms with Crippen LogP contribution in [0, 0.1) is 34.6 Å². The number of carbonyl (C=O) groups is 1. The summed E-state index contributed by atoms with van der Waals surface area (Å²) in [5, 5.41) is 6.48. The van der Waals surface area contributed by atoms with Crippen LogP contribution < -0.4 is 10.6 Å². The molecule has 0 fully saturated rings. The van der Waals surface area contributed by atoms with Gasteiger partial charge in [0.15, 0.2) is 0 Å². The molecule has 0 unspecified atom stereocenters. The number of aldehydes is 1. The van der Waals surface area contributed by atoms with Crippen molar-refractivity contribution < 1.29 is 4.79 Å². The topological polar surface area (TPSA) is 83.7 Å². The number of hydrogen-bond acceptors (Lipinski definition) is 6. The van der Waals surface area contributed by atoms with E-state index in [-0.39, 0.29) is 0 Å². The zero-order valence-electron chi connectivity index (χ0n) is 31.5. The first-order valence-corrected chi connectivity index (χ1v) is 18.1. The quantitative estimate of drug-likeness (QED) is 0.170. The molecule has 2 aliphatic rings. The molecule has 7 heteroatoms. The molecule has 6 aromatic rings. The first-order valence-electron chi connectivity index (χ1n) is 18.1. The highest BCUT2D eigenvalue weighted by molar-refractivity contribution is 6.00. The van der Waals surface area contributed by atoms with Crippen molar-refractivity contribution >= 4 is 18.0 Å². The van der Waals surface area contributed by atoms with Crippen molar-refractivity contribution in [3.05, 3.63) is 184 Å². The molecule has 3 heterocycles. The summed E-state index contributed by atoms with van der Waals surface area (Å²) in [4.78, 5) is 23.3. The maximum Gasteiger partial charge on any atom is 0.150 e. The van der Waals surface area contributed by atoms with E-state index in [4.69, 9.17) is 0 Å². The van der Waals surface area contributed by atoms with Crippen LogP contribution in [0.3, 0.4) is 0 Å². The minimum Gasteiger partial charge on any atom is -0.368 e. The predicted octanol–water partition coefficient (Wildman–Crippen LogP) is 8.71. The van der Waals surface area contributed by atoms with Gasteiger partial charge < -0.3 is 15.2 Å². The first-order chi connectivity index (χ1) is 25.8. The van der Waals surface area contributed by atoms with Crippen molar-refractivity contribution in [2.45, 2.75) is 41.2 Å². The Labute approximate surface area is 314 Å². The van der Waals surface area contributed by atoms with Crippen LogP contribution >= 0.6 is 0 Å². The molecule has 0 saturated carbocycles. The van der Waals surface area contributed by atoms with E-state index in [2.05, 4.69) is 155 Å². The number of rotatable bonds is 6. The van der Waals surface area contributed by atoms with E-state index in [1.165, 1.54) is 44.5 Å². The zero-order chi connectivity index (χ0) is 37.4. The Bertz CT molecular complexity index is 2030. The Balaban J connectivity index is 0.000000143. The van der Waals surface area contributed by atoms with Crippen molar-refractivity contribution in [2.75, 3.05) is 26.2 Å². The van der Waals surface area contributed by atoms with Gasteiger partial charge in [-0.25, -0.2) is 4.98 Å². The highest BCUT2D eigenvalue weighted by atomic mass is 16.1. The molecule has 0 radical (unpaired) electrons. The third-order valence-corrected chi connectivity index (χ3v) is 8.84. The van der Waals surface area contributed by atoms with Crippen LogP contribution in [0.5, 0.6) is 0 Å². The summed E-state index contributed by atoms with van der Waals surface area (Å²) in [6.45, 7) is 15.0. The van der Waals surface area contributed by atoms with Crippen LogP contribution in [0.4, 0.5) is 0 Å². The van der Waals surface area contributed by atoms with Gasteiger partial charge in [-0.2, -0.15) is 0 Å². The maximum atomic E-state index is 10.1. The number of imidazole rings is 1. The lowest BCUT2D eigenvalue weighted by Crippen LogP contribution is -2.19. The number of aryl methyl sites for hydroxylation is 5. The number of nitrogens with one attached hydrogen (secondary N) is 2. The maximum absolute atomic E-state index is 10.1. The van der Waals surface area contributed by atoms with Crippen LogP contribution in [-0.2, 0) is 6.54 Å². The summed E-state index contributed by atoms with van der Waals surface area (Å²) in [7, 11) is 0. The molecule has 0 amide bonds. The van der Waals surface area contributed by atoms with Gasteiger partial charge in [0.2, 0.25) is 0 Å². The molecule has 0 atom stereocenters. The van der Waals surface area contributed by atoms with E-state index in [1.807, 2.05) is 43.6 Å². The molecule has 270 valence electrons. The average Bonchev–Trinajstić information content (AvgIpc) is 4.00. The van der Waals surface area contributed by atoms with E-state index in [0.717, 1.165) is 67.6 Å². The molecule has 7 nitrogen and oxygen atoms in total. The number of benzene rings is 5. The number of hydrogen-bond donors (Lipinski definition) is 2. The molecule has 2 N–H and O–H groups in total. The van der Waals surface area contributed by atoms with Gasteiger partial charge in [-0.15, -0.1) is 0 Å². The monoisotopic (exact) mass is 702 g/mol. The summed E-state index contributed by atoms with van der Waals surface area (Å²) in [6.07, 6.45) is 4.76. The lowest BCUT2D eigenvalue weighted by Gasteiger charge is -2.10. The van der Waals surface area contributed by atoms with Crippen LogP contribution in [0.25, 0.3) is 11.4 Å². The second-order valence-corrected chi connectivity index (χ2v) is 13.2. The molecule has 53 heavy (non-hydrogen) atoms. The SMILES string of the molecule is Cc1ccc(-c2nccn2Cc2ccccc2C)cc1.Cc1ccc(C2=NCCN2)cc1.Cc1ccc(C2=NCCN2)cc1.Cc1ccc(C=O)cc1. The Morgan fingerprint density at radius 2 is 1.04 bits per heavy atom. The van der Waals surface area contributed by atoms with Crippen molar-refractivity contribution in [1.29, 1.82) is 0 Å². The molecule has 2 aliphatic heterocycles. The first kappa shape index (κ1) is 38.2. The third kappa shape index (κ3) is 11.7. The lowest BCUT2D eigenvalue weighted by atomic mass is 10.1. The fraction of sp³-hybridized carbons (Fsp3) is 0.217. The Hall–Kier alpha value is -6.08. The summed E-state index contributed by atoms with van der Waals surface area (Å²) in [6, 6.07) is 41.3. The Morgan fingerprint density at radius 3 is 1.47 bits per heavy atom. The second-order valence-electron chi connectivity index (χ2n) is 13.2. The standard InChI is InChI=1S/C18H18N2.2C10H12N2.C8H8O/c1-14-7-9-16(10-8-14)18-19-11-12-20(18)13-17-6-4-3-5-15(17)2;2*1-8-2-4-9(5-3-8)10-11-6-7-12-10;1-7-2-4-8(6-9)5-3-7/h3-12H,13H2,1-2H3;2*2-5H,6-7H2,1H3,(H,11,12);2-6H,1H3. The molecule has 8 rings (SSSR count). The molecule has 0 aliphatic carbocycles. The second kappa shape index (κ2) is 19.5. The van der Waals surface area contributed by atoms with Crippen LogP contribution in [0.1, 0.15) is 54.9 Å². The summed E-state index contributed by atoms with van der Waals surface area (Å²) in [5.41, 5.74) is 12.0. The van der Waals surface area contributed by atoms with Gasteiger partial charge in [-0.3, -0.25) is 14.8 Å². The van der Waals surface area contributed by atoms with Gasteiger partial charge in [0.05, 0.1) is 13.1 Å². The highest BCUT2D eigenvalue weighted by Gasteiger charge is 2.08. The summed E-state index contributed by atoms with van der Waals surface area (Å²) >= 11 is 0. The smallest absolute Gasteiger partial charge is 0.150 e. The van der Waals surface area contributed by atoms with Crippen LogP contribution in [0.15, 0.2) is 144 Å². The molecule has 0 bridgehead atoms. The van der Waals surface area contributed by atoms with E-state index in [0.29, 0.717) is 0 Å². The van der Waals surface area contributed by atoms with E-state index in [9.17, 15) is 4.79 Å². The summed E-state index contributed by atoms with van der Waals surface area (Å²) < 4.78 is 2.20. The average molecular weight is 703 g/mol.